The van der Waals surface area contributed by atoms with Gasteiger partial charge in [0.05, 0.1) is 28.1 Å². The number of hydrogen-bond donors (Lipinski definition) is 2. The summed E-state index contributed by atoms with van der Waals surface area (Å²) in [6, 6.07) is 9.52. The first-order valence-corrected chi connectivity index (χ1v) is 23.9. The summed E-state index contributed by atoms with van der Waals surface area (Å²) in [5, 5.41) is 5.65. The number of anilines is 2. The number of pyridine rings is 2. The van der Waals surface area contributed by atoms with Gasteiger partial charge in [0.1, 0.15) is 29.1 Å². The number of piperazine rings is 1. The van der Waals surface area contributed by atoms with E-state index in [0.717, 1.165) is 25.1 Å². The van der Waals surface area contributed by atoms with Crippen LogP contribution in [0.4, 0.5) is 28.9 Å². The van der Waals surface area contributed by atoms with Crippen molar-refractivity contribution in [3.63, 3.8) is 0 Å². The van der Waals surface area contributed by atoms with Gasteiger partial charge in [-0.05, 0) is 93.4 Å². The molecule has 0 spiro atoms. The normalized spacial score (nSPS) is 19.2. The van der Waals surface area contributed by atoms with Crippen LogP contribution in [0.2, 0.25) is 0 Å². The Morgan fingerprint density at radius 3 is 2.17 bits per heavy atom. The van der Waals surface area contributed by atoms with Crippen LogP contribution < -0.4 is 26.8 Å². The van der Waals surface area contributed by atoms with Gasteiger partial charge in [-0.1, -0.05) is 0 Å². The molecule has 8 heterocycles. The zero-order valence-electron chi connectivity index (χ0n) is 39.3. The van der Waals surface area contributed by atoms with Crippen molar-refractivity contribution in [2.24, 2.45) is 20.0 Å². The number of halogens is 4. The molecule has 0 bridgehead atoms. The summed E-state index contributed by atoms with van der Waals surface area (Å²) in [5.41, 5.74) is 2.09. The van der Waals surface area contributed by atoms with E-state index in [2.05, 4.69) is 25.4 Å². The van der Waals surface area contributed by atoms with Gasteiger partial charge in [0.25, 0.3) is 11.5 Å². The minimum atomic E-state index is -0.904. The van der Waals surface area contributed by atoms with Crippen molar-refractivity contribution in [2.45, 2.75) is 57.0 Å². The molecule has 0 radical (unpaired) electrons. The number of likely N-dealkylation sites (tertiary alicyclic amines) is 2. The van der Waals surface area contributed by atoms with Gasteiger partial charge in [0.15, 0.2) is 0 Å². The highest BCUT2D eigenvalue weighted by molar-refractivity contribution is 6.00. The zero-order valence-corrected chi connectivity index (χ0v) is 39.3. The predicted molar refractivity (Wildman–Crippen MR) is 255 cm³/mol. The molecule has 4 aliphatic heterocycles. The first kappa shape index (κ1) is 46.9. The monoisotopic (exact) mass is 965 g/mol. The van der Waals surface area contributed by atoms with E-state index in [0.29, 0.717) is 111 Å². The molecule has 1 unspecified atom stereocenters. The van der Waals surface area contributed by atoms with E-state index in [9.17, 15) is 28.4 Å². The van der Waals surface area contributed by atoms with Crippen LogP contribution >= 0.6 is 0 Å². The highest BCUT2D eigenvalue weighted by atomic mass is 19.1. The third kappa shape index (κ3) is 8.54. The summed E-state index contributed by atoms with van der Waals surface area (Å²) in [6.45, 7) is 5.89. The second-order valence-corrected chi connectivity index (χ2v) is 19.1. The van der Waals surface area contributed by atoms with Crippen molar-refractivity contribution >= 4 is 51.2 Å². The van der Waals surface area contributed by atoms with E-state index in [1.165, 1.54) is 44.2 Å². The molecular weight excluding hydrogens is 911 g/mol. The molecule has 20 heteroatoms. The third-order valence-corrected chi connectivity index (χ3v) is 15.1. The Bertz CT molecular complexity index is 3150. The fraction of sp³-hybridized carbons (Fsp3) is 0.440. The molecule has 3 amide bonds. The van der Waals surface area contributed by atoms with Crippen LogP contribution in [0.1, 0.15) is 72.1 Å². The molecule has 368 valence electrons. The maximum absolute atomic E-state index is 15.8. The summed E-state index contributed by atoms with van der Waals surface area (Å²) >= 11 is 0. The first-order valence-electron chi connectivity index (χ1n) is 23.9. The molecule has 4 saturated heterocycles. The van der Waals surface area contributed by atoms with Gasteiger partial charge in [-0.3, -0.25) is 48.0 Å². The van der Waals surface area contributed by atoms with Gasteiger partial charge in [0.2, 0.25) is 17.6 Å². The van der Waals surface area contributed by atoms with Gasteiger partial charge in [-0.25, -0.2) is 22.9 Å². The lowest BCUT2D eigenvalue weighted by Gasteiger charge is -2.39. The Labute approximate surface area is 400 Å². The number of hydrogen-bond acceptors (Lipinski definition) is 10. The quantitative estimate of drug-likeness (QED) is 0.142. The van der Waals surface area contributed by atoms with Gasteiger partial charge in [-0.2, -0.15) is 4.39 Å². The minimum Gasteiger partial charge on any atom is -0.386 e. The maximum atomic E-state index is 15.8. The molecule has 10 rings (SSSR count). The highest BCUT2D eigenvalue weighted by Crippen LogP contribution is 2.35. The Morgan fingerprint density at radius 1 is 0.771 bits per heavy atom. The Morgan fingerprint density at radius 2 is 1.49 bits per heavy atom. The zero-order chi connectivity index (χ0) is 49.1. The fourth-order valence-corrected chi connectivity index (χ4v) is 11.1. The molecular formula is C50H55F4N11O5. The van der Waals surface area contributed by atoms with E-state index in [1.54, 1.807) is 37.3 Å². The molecule has 6 aromatic rings. The molecule has 0 saturated carbocycles. The number of carbonyl (C=O) groups excluding carboxylic acids is 3. The molecule has 70 heavy (non-hydrogen) atoms. The number of piperidine rings is 3. The highest BCUT2D eigenvalue weighted by Gasteiger charge is 2.34. The topological polar surface area (TPSA) is 155 Å². The second kappa shape index (κ2) is 18.8. The van der Waals surface area contributed by atoms with Crippen molar-refractivity contribution in [3.8, 4) is 5.69 Å². The number of aryl methyl sites for hydroxylation is 2. The number of amides is 3. The van der Waals surface area contributed by atoms with Gasteiger partial charge < -0.3 is 19.7 Å². The van der Waals surface area contributed by atoms with Crippen molar-refractivity contribution in [2.75, 3.05) is 76.2 Å². The lowest BCUT2D eigenvalue weighted by Crippen LogP contribution is -2.49. The van der Waals surface area contributed by atoms with Crippen molar-refractivity contribution in [3.05, 3.63) is 116 Å². The van der Waals surface area contributed by atoms with Crippen LogP contribution in [-0.2, 0) is 30.2 Å². The number of imidazole rings is 1. The Hall–Kier alpha value is -6.80. The first-order chi connectivity index (χ1) is 33.7. The molecule has 4 aromatic heterocycles. The van der Waals surface area contributed by atoms with Crippen molar-refractivity contribution in [1.82, 2.24) is 43.3 Å². The maximum Gasteiger partial charge on any atom is 0.329 e. The summed E-state index contributed by atoms with van der Waals surface area (Å²) in [5.74, 6) is -4.24. The fourth-order valence-electron chi connectivity index (χ4n) is 11.1. The smallest absolute Gasteiger partial charge is 0.329 e. The number of fused-ring (bicyclic) bond motifs is 2. The molecule has 4 fully saturated rings. The van der Waals surface area contributed by atoms with Crippen molar-refractivity contribution < 1.29 is 31.9 Å². The average molecular weight is 966 g/mol. The molecule has 0 aliphatic carbocycles. The Balaban J connectivity index is 0.712. The van der Waals surface area contributed by atoms with Crippen molar-refractivity contribution in [1.29, 1.82) is 0 Å². The number of nitrogens with zero attached hydrogens (tertiary/aromatic N) is 9. The van der Waals surface area contributed by atoms with Gasteiger partial charge in [-0.15, -0.1) is 0 Å². The van der Waals surface area contributed by atoms with Crippen LogP contribution in [-0.4, -0.2) is 122 Å². The summed E-state index contributed by atoms with van der Waals surface area (Å²) in [6.07, 6.45) is 5.86. The summed E-state index contributed by atoms with van der Waals surface area (Å²) < 4.78 is 68.1. The van der Waals surface area contributed by atoms with Gasteiger partial charge in [0, 0.05) is 121 Å². The molecule has 16 nitrogen and oxygen atoms in total. The number of benzene rings is 2. The van der Waals surface area contributed by atoms with E-state index < -0.39 is 58.3 Å². The van der Waals surface area contributed by atoms with Gasteiger partial charge >= 0.3 is 5.69 Å². The summed E-state index contributed by atoms with van der Waals surface area (Å²) in [4.78, 5) is 76.8. The van der Waals surface area contributed by atoms with E-state index in [4.69, 9.17) is 0 Å². The van der Waals surface area contributed by atoms with Crippen LogP contribution in [0.25, 0.3) is 27.8 Å². The molecule has 2 N–H and O–H groups in total. The van der Waals surface area contributed by atoms with Crippen LogP contribution in [0.3, 0.4) is 0 Å². The SMILES string of the molecule is CNc1ccn(-c2ccnc3c2cc(CN2CCC(c4c(F)cc(C(=O)N5CCC(CN6CCN(c7cc8c(cc7F)n(C7CCC(=O)NC7=O)c(=O)n8C)CC6)CC5)cc4F)CC2)n3C)c(=O)c1F. The van der Waals surface area contributed by atoms with Crippen LogP contribution in [0.15, 0.2) is 64.4 Å². The number of aromatic nitrogens is 5. The minimum absolute atomic E-state index is 0.00415. The van der Waals surface area contributed by atoms with Crippen LogP contribution in [0, 0.1) is 29.2 Å². The number of carbonyl (C=O) groups is 3. The number of rotatable bonds is 10. The lowest BCUT2D eigenvalue weighted by molar-refractivity contribution is -0.135. The second-order valence-electron chi connectivity index (χ2n) is 19.1. The number of imide groups is 1. The third-order valence-electron chi connectivity index (χ3n) is 15.1. The summed E-state index contributed by atoms with van der Waals surface area (Å²) in [7, 11) is 5.01. The molecule has 1 atom stereocenters. The molecule has 2 aromatic carbocycles. The molecule has 4 aliphatic rings. The van der Waals surface area contributed by atoms with E-state index in [-0.39, 0.29) is 35.6 Å². The largest absolute Gasteiger partial charge is 0.386 e. The average Bonchev–Trinajstić information content (AvgIpc) is 3.79. The lowest BCUT2D eigenvalue weighted by atomic mass is 9.87. The standard InChI is InChI=1S/C50H55F4N11O5/c1-55-37-11-17-64(49(69)45(37)54)38-6-12-56-46-33(38)24-32(58(46)2)28-60-13-9-30(10-14-60)44-35(52)22-31(23-36(44)53)48(68)63-15-7-29(8-16-63)27-61-18-20-62(21-19-61)40-26-41-42(25-34(40)51)65(50(70)59(41)3)39-4-5-43(66)57-47(39)67/h6,11-12,17,22-26,29-30,39,55H,4-5,7-10,13-16,18-21,27-28H2,1-3H3,(H,57,66,67). The van der Waals surface area contributed by atoms with Crippen LogP contribution in [0.5, 0.6) is 0 Å². The predicted octanol–water partition coefficient (Wildman–Crippen LogP) is 5.01. The number of nitrogens with one attached hydrogen (secondary N) is 2. The van der Waals surface area contributed by atoms with E-state index in [1.807, 2.05) is 22.6 Å². The Kier molecular flexibility index (Phi) is 12.6. The van der Waals surface area contributed by atoms with E-state index >= 15 is 13.2 Å².